The van der Waals surface area contributed by atoms with Crippen molar-refractivity contribution in [2.75, 3.05) is 0 Å². The largest absolute Gasteiger partial charge is 0.481 e. The van der Waals surface area contributed by atoms with E-state index in [-0.39, 0.29) is 42.7 Å². The van der Waals surface area contributed by atoms with Gasteiger partial charge < -0.3 is 14.9 Å². The van der Waals surface area contributed by atoms with Crippen molar-refractivity contribution >= 4 is 11.9 Å². The van der Waals surface area contributed by atoms with Gasteiger partial charge >= 0.3 is 11.9 Å². The van der Waals surface area contributed by atoms with Crippen molar-refractivity contribution in [3.05, 3.63) is 0 Å². The Balaban J connectivity index is 2.06. The van der Waals surface area contributed by atoms with Crippen LogP contribution in [0.2, 0.25) is 0 Å². The number of carbonyl (C=O) groups excluding carboxylic acids is 1. The molecule has 1 aliphatic heterocycles. The van der Waals surface area contributed by atoms with E-state index in [2.05, 4.69) is 6.92 Å². The maximum absolute atomic E-state index is 11.7. The van der Waals surface area contributed by atoms with E-state index in [9.17, 15) is 14.7 Å². The lowest BCUT2D eigenvalue weighted by molar-refractivity contribution is -0.169. The first-order valence-electron chi connectivity index (χ1n) is 7.46. The molecule has 2 aliphatic rings. The third-order valence-corrected chi connectivity index (χ3v) is 4.72. The van der Waals surface area contributed by atoms with Gasteiger partial charge in [-0.15, -0.1) is 0 Å². The van der Waals surface area contributed by atoms with Gasteiger partial charge in [-0.1, -0.05) is 13.8 Å². The number of carboxylic acids is 1. The number of esters is 1. The first-order valence-corrected chi connectivity index (χ1v) is 7.46. The molecule has 0 aromatic rings. The van der Waals surface area contributed by atoms with Crippen LogP contribution in [0.1, 0.15) is 46.0 Å². The Bertz CT molecular complexity index is 378. The molecule has 1 heterocycles. The van der Waals surface area contributed by atoms with Crippen LogP contribution < -0.4 is 0 Å². The fraction of sp³-hybridized carbons (Fsp3) is 0.867. The maximum Gasteiger partial charge on any atom is 0.306 e. The van der Waals surface area contributed by atoms with Crippen LogP contribution in [-0.4, -0.2) is 34.4 Å². The molecule has 0 aromatic carbocycles. The molecule has 5 nitrogen and oxygen atoms in total. The van der Waals surface area contributed by atoms with Gasteiger partial charge in [0.15, 0.2) is 0 Å². The Morgan fingerprint density at radius 2 is 2.00 bits per heavy atom. The number of cyclic esters (lactones) is 1. The van der Waals surface area contributed by atoms with Gasteiger partial charge in [0.1, 0.15) is 6.10 Å². The normalized spacial score (nSPS) is 42.0. The van der Waals surface area contributed by atoms with E-state index in [4.69, 9.17) is 9.84 Å². The summed E-state index contributed by atoms with van der Waals surface area (Å²) in [5, 5.41) is 19.2. The second-order valence-electron chi connectivity index (χ2n) is 6.64. The first kappa shape index (κ1) is 15.3. The van der Waals surface area contributed by atoms with Crippen LogP contribution in [0.5, 0.6) is 0 Å². The summed E-state index contributed by atoms with van der Waals surface area (Å²) in [5.41, 5.74) is 0. The zero-order valence-electron chi connectivity index (χ0n) is 12.1. The Hall–Kier alpha value is -1.10. The first-order chi connectivity index (χ1) is 9.36. The van der Waals surface area contributed by atoms with Gasteiger partial charge in [0.05, 0.1) is 6.10 Å². The lowest BCUT2D eigenvalue weighted by atomic mass is 9.70. The maximum atomic E-state index is 11.7. The minimum Gasteiger partial charge on any atom is -0.481 e. The Labute approximate surface area is 119 Å². The van der Waals surface area contributed by atoms with Crippen LogP contribution in [0.25, 0.3) is 0 Å². The molecule has 5 heteroatoms. The lowest BCUT2D eigenvalue weighted by Gasteiger charge is -2.42. The molecule has 1 saturated heterocycles. The third kappa shape index (κ3) is 3.51. The summed E-state index contributed by atoms with van der Waals surface area (Å²) in [6.07, 6.45) is 1.75. The molecule has 20 heavy (non-hydrogen) atoms. The second-order valence-corrected chi connectivity index (χ2v) is 6.64. The predicted octanol–water partition coefficient (Wildman–Crippen LogP) is 1.83. The standard InChI is InChI=1S/C15H24O5/c1-8-3-9(2)15(19)11(4-8)12-5-10(6-13(16)17)7-14(18)20-12/h8-12,15,19H,3-7H2,1-2H3,(H,16,17)/t8-,9-,10-,11?,12+,15-/m0/s1. The molecule has 2 N–H and O–H groups in total. The SMILES string of the molecule is C[C@@H]1CC([C@H]2C[C@@H](CC(=O)O)CC(=O)O2)[C@@H](O)[C@@H](C)C1. The van der Waals surface area contributed by atoms with E-state index in [0.717, 1.165) is 12.8 Å². The number of hydrogen-bond acceptors (Lipinski definition) is 4. The summed E-state index contributed by atoms with van der Waals surface area (Å²) < 4.78 is 5.41. The van der Waals surface area contributed by atoms with Crippen LogP contribution >= 0.6 is 0 Å². The van der Waals surface area contributed by atoms with Crippen LogP contribution in [0, 0.1) is 23.7 Å². The van der Waals surface area contributed by atoms with Crippen molar-refractivity contribution in [2.45, 2.75) is 58.2 Å². The summed E-state index contributed by atoms with van der Waals surface area (Å²) in [5.74, 6) is -0.744. The van der Waals surface area contributed by atoms with Crippen molar-refractivity contribution < 1.29 is 24.5 Å². The highest BCUT2D eigenvalue weighted by Crippen LogP contribution is 2.40. The highest BCUT2D eigenvalue weighted by atomic mass is 16.5. The minimum absolute atomic E-state index is 0.000474. The quantitative estimate of drug-likeness (QED) is 0.772. The lowest BCUT2D eigenvalue weighted by Crippen LogP contribution is -2.46. The van der Waals surface area contributed by atoms with E-state index in [1.54, 1.807) is 0 Å². The average molecular weight is 284 g/mol. The molecule has 114 valence electrons. The molecule has 0 amide bonds. The van der Waals surface area contributed by atoms with Gasteiger partial charge in [-0.3, -0.25) is 9.59 Å². The number of hydrogen-bond donors (Lipinski definition) is 2. The molecule has 1 unspecified atom stereocenters. The molecular weight excluding hydrogens is 260 g/mol. The average Bonchev–Trinajstić information content (AvgIpc) is 2.32. The summed E-state index contributed by atoms with van der Waals surface area (Å²) >= 11 is 0. The van der Waals surface area contributed by atoms with Gasteiger partial charge in [0.2, 0.25) is 0 Å². The van der Waals surface area contributed by atoms with Gasteiger partial charge in [0.25, 0.3) is 0 Å². The van der Waals surface area contributed by atoms with Gasteiger partial charge in [-0.05, 0) is 37.0 Å². The molecule has 0 bridgehead atoms. The number of rotatable bonds is 3. The fourth-order valence-corrected chi connectivity index (χ4v) is 3.85. The fourth-order valence-electron chi connectivity index (χ4n) is 3.85. The van der Waals surface area contributed by atoms with Crippen LogP contribution in [-0.2, 0) is 14.3 Å². The molecule has 2 fully saturated rings. The molecule has 1 saturated carbocycles. The van der Waals surface area contributed by atoms with Crippen LogP contribution in [0.4, 0.5) is 0 Å². The predicted molar refractivity (Wildman–Crippen MR) is 71.9 cm³/mol. The Morgan fingerprint density at radius 3 is 2.65 bits per heavy atom. The number of aliphatic hydroxyl groups excluding tert-OH is 1. The highest BCUT2D eigenvalue weighted by Gasteiger charge is 2.42. The summed E-state index contributed by atoms with van der Waals surface area (Å²) in [4.78, 5) is 22.5. The Morgan fingerprint density at radius 1 is 1.30 bits per heavy atom. The molecular formula is C15H24O5. The third-order valence-electron chi connectivity index (χ3n) is 4.72. The van der Waals surface area contributed by atoms with Gasteiger partial charge in [0, 0.05) is 18.8 Å². The second kappa shape index (κ2) is 6.12. The number of carbonyl (C=O) groups is 2. The van der Waals surface area contributed by atoms with Crippen molar-refractivity contribution in [2.24, 2.45) is 23.7 Å². The Kier molecular flexibility index (Phi) is 4.68. The summed E-state index contributed by atoms with van der Waals surface area (Å²) in [6, 6.07) is 0. The van der Waals surface area contributed by atoms with E-state index < -0.39 is 12.1 Å². The van der Waals surface area contributed by atoms with Crippen molar-refractivity contribution in [1.82, 2.24) is 0 Å². The topological polar surface area (TPSA) is 83.8 Å². The van der Waals surface area contributed by atoms with Crippen molar-refractivity contribution in [3.8, 4) is 0 Å². The number of aliphatic carboxylic acids is 1. The minimum atomic E-state index is -0.880. The number of aliphatic hydroxyl groups is 1. The smallest absolute Gasteiger partial charge is 0.306 e. The number of ether oxygens (including phenoxy) is 1. The van der Waals surface area contributed by atoms with Crippen molar-refractivity contribution in [1.29, 1.82) is 0 Å². The van der Waals surface area contributed by atoms with E-state index in [1.807, 2.05) is 6.92 Å². The highest BCUT2D eigenvalue weighted by molar-refractivity contribution is 5.73. The molecule has 1 aliphatic carbocycles. The van der Waals surface area contributed by atoms with Gasteiger partial charge in [-0.25, -0.2) is 0 Å². The van der Waals surface area contributed by atoms with E-state index in [0.29, 0.717) is 12.3 Å². The van der Waals surface area contributed by atoms with Crippen molar-refractivity contribution in [3.63, 3.8) is 0 Å². The monoisotopic (exact) mass is 284 g/mol. The van der Waals surface area contributed by atoms with E-state index in [1.165, 1.54) is 0 Å². The summed E-state index contributed by atoms with van der Waals surface area (Å²) in [6.45, 7) is 4.17. The molecule has 6 atom stereocenters. The molecule has 0 aromatic heterocycles. The number of carboxylic acid groups (broad SMARTS) is 1. The molecule has 2 rings (SSSR count). The van der Waals surface area contributed by atoms with Crippen LogP contribution in [0.15, 0.2) is 0 Å². The van der Waals surface area contributed by atoms with Crippen LogP contribution in [0.3, 0.4) is 0 Å². The zero-order chi connectivity index (χ0) is 14.9. The molecule has 0 radical (unpaired) electrons. The zero-order valence-corrected chi connectivity index (χ0v) is 12.1. The molecule has 0 spiro atoms. The summed E-state index contributed by atoms with van der Waals surface area (Å²) in [7, 11) is 0. The van der Waals surface area contributed by atoms with E-state index >= 15 is 0 Å². The van der Waals surface area contributed by atoms with Gasteiger partial charge in [-0.2, -0.15) is 0 Å².